The molecule has 1 aromatic carbocycles. The molecule has 23 heavy (non-hydrogen) atoms. The zero-order valence-corrected chi connectivity index (χ0v) is 13.6. The van der Waals surface area contributed by atoms with E-state index in [9.17, 15) is 9.90 Å². The number of carboxylic acids is 1. The van der Waals surface area contributed by atoms with Crippen molar-refractivity contribution in [3.63, 3.8) is 0 Å². The number of anilines is 1. The number of carboxylic acid groups (broad SMARTS) is 1. The number of nitrogens with zero attached hydrogens (tertiary/aromatic N) is 3. The van der Waals surface area contributed by atoms with Crippen LogP contribution in [0.5, 0.6) is 0 Å². The highest BCUT2D eigenvalue weighted by Crippen LogP contribution is 2.28. The van der Waals surface area contributed by atoms with Crippen molar-refractivity contribution in [3.8, 4) is 0 Å². The highest BCUT2D eigenvalue weighted by atomic mass is 35.5. The molecule has 2 heterocycles. The summed E-state index contributed by atoms with van der Waals surface area (Å²) in [5, 5.41) is 14.1. The van der Waals surface area contributed by atoms with E-state index in [2.05, 4.69) is 10.00 Å². The summed E-state index contributed by atoms with van der Waals surface area (Å²) < 4.78 is 7.47. The highest BCUT2D eigenvalue weighted by Gasteiger charge is 2.20. The summed E-state index contributed by atoms with van der Waals surface area (Å²) in [7, 11) is 0. The summed E-state index contributed by atoms with van der Waals surface area (Å²) in [6, 6.07) is 5.13. The molecule has 7 heteroatoms. The fourth-order valence-corrected chi connectivity index (χ4v) is 2.95. The maximum atomic E-state index is 11.3. The predicted octanol–water partition coefficient (Wildman–Crippen LogP) is 2.79. The Bertz CT molecular complexity index is 729. The van der Waals surface area contributed by atoms with Gasteiger partial charge in [-0.2, -0.15) is 5.10 Å². The number of hydrogen-bond donors (Lipinski definition) is 1. The van der Waals surface area contributed by atoms with E-state index in [1.807, 2.05) is 17.7 Å². The summed E-state index contributed by atoms with van der Waals surface area (Å²) in [6.45, 7) is 5.03. The zero-order valence-electron chi connectivity index (χ0n) is 12.8. The van der Waals surface area contributed by atoms with Crippen LogP contribution in [0.15, 0.2) is 24.4 Å². The first-order valence-electron chi connectivity index (χ1n) is 7.49. The lowest BCUT2D eigenvalue weighted by Gasteiger charge is -2.25. The number of ether oxygens (including phenoxy) is 1. The lowest BCUT2D eigenvalue weighted by Crippen LogP contribution is -2.27. The first-order chi connectivity index (χ1) is 11.1. The molecule has 0 amide bonds. The molecule has 1 N–H and O–H groups in total. The Morgan fingerprint density at radius 3 is 3.04 bits per heavy atom. The third kappa shape index (κ3) is 3.18. The minimum atomic E-state index is -0.936. The van der Waals surface area contributed by atoms with Gasteiger partial charge in [-0.15, -0.1) is 0 Å². The van der Waals surface area contributed by atoms with Gasteiger partial charge in [0, 0.05) is 24.3 Å². The summed E-state index contributed by atoms with van der Waals surface area (Å²) in [5.41, 5.74) is 3.04. The van der Waals surface area contributed by atoms with E-state index in [0.717, 1.165) is 23.5 Å². The molecular formula is C16H18ClN3O3. The number of aromatic carboxylic acids is 1. The van der Waals surface area contributed by atoms with E-state index in [4.69, 9.17) is 16.3 Å². The Morgan fingerprint density at radius 2 is 2.30 bits per heavy atom. The van der Waals surface area contributed by atoms with Gasteiger partial charge in [-0.25, -0.2) is 4.79 Å². The summed E-state index contributed by atoms with van der Waals surface area (Å²) in [5.74, 6) is -0.936. The third-order valence-electron chi connectivity index (χ3n) is 3.97. The highest BCUT2D eigenvalue weighted by molar-refractivity contribution is 6.31. The molecule has 122 valence electrons. The second-order valence-electron chi connectivity index (χ2n) is 5.38. The van der Waals surface area contributed by atoms with Gasteiger partial charge in [0.2, 0.25) is 0 Å². The maximum absolute atomic E-state index is 11.3. The van der Waals surface area contributed by atoms with Crippen molar-refractivity contribution in [1.82, 2.24) is 9.78 Å². The first kappa shape index (κ1) is 15.8. The second kappa shape index (κ2) is 6.60. The Labute approximate surface area is 139 Å². The Kier molecular flexibility index (Phi) is 4.54. The number of benzene rings is 1. The Balaban J connectivity index is 1.98. The van der Waals surface area contributed by atoms with Crippen molar-refractivity contribution in [2.45, 2.75) is 26.6 Å². The molecule has 0 bridgehead atoms. The van der Waals surface area contributed by atoms with Crippen LogP contribution in [0.1, 0.15) is 28.5 Å². The van der Waals surface area contributed by atoms with Gasteiger partial charge in [-0.1, -0.05) is 17.7 Å². The monoisotopic (exact) mass is 335 g/mol. The summed E-state index contributed by atoms with van der Waals surface area (Å²) >= 11 is 6.26. The van der Waals surface area contributed by atoms with Crippen molar-refractivity contribution in [2.75, 3.05) is 18.1 Å². The standard InChI is InChI=1S/C16H18ClN3O3/c1-2-20-15(13(17)8-18-20)9-19-5-6-23-10-12-4-3-11(16(21)22)7-14(12)19/h3-4,7-8H,2,5-6,9-10H2,1H3,(H,21,22). The minimum absolute atomic E-state index is 0.269. The van der Waals surface area contributed by atoms with Gasteiger partial charge >= 0.3 is 5.97 Å². The number of aryl methyl sites for hydroxylation is 1. The molecule has 0 saturated heterocycles. The van der Waals surface area contributed by atoms with Gasteiger partial charge in [-0.05, 0) is 19.1 Å². The second-order valence-corrected chi connectivity index (χ2v) is 5.78. The van der Waals surface area contributed by atoms with Crippen LogP contribution in [-0.4, -0.2) is 34.0 Å². The van der Waals surface area contributed by atoms with Crippen molar-refractivity contribution in [2.24, 2.45) is 0 Å². The predicted molar refractivity (Wildman–Crippen MR) is 87.0 cm³/mol. The number of aromatic nitrogens is 2. The molecule has 0 saturated carbocycles. The van der Waals surface area contributed by atoms with Crippen molar-refractivity contribution in [1.29, 1.82) is 0 Å². The van der Waals surface area contributed by atoms with Gasteiger partial charge < -0.3 is 14.7 Å². The molecule has 0 spiro atoms. The molecule has 6 nitrogen and oxygen atoms in total. The Morgan fingerprint density at radius 1 is 1.48 bits per heavy atom. The molecule has 1 aromatic heterocycles. The van der Waals surface area contributed by atoms with Crippen LogP contribution in [-0.2, 0) is 24.4 Å². The number of halogens is 1. The third-order valence-corrected chi connectivity index (χ3v) is 4.29. The summed E-state index contributed by atoms with van der Waals surface area (Å²) in [6.07, 6.45) is 1.64. The fourth-order valence-electron chi connectivity index (χ4n) is 2.75. The van der Waals surface area contributed by atoms with Crippen LogP contribution in [0, 0.1) is 0 Å². The molecule has 0 aliphatic carbocycles. The van der Waals surface area contributed by atoms with E-state index in [1.54, 1.807) is 18.3 Å². The lowest BCUT2D eigenvalue weighted by atomic mass is 10.1. The average Bonchev–Trinajstić information content (AvgIpc) is 2.77. The van der Waals surface area contributed by atoms with Gasteiger partial charge in [0.1, 0.15) is 0 Å². The van der Waals surface area contributed by atoms with Crippen molar-refractivity contribution in [3.05, 3.63) is 46.2 Å². The zero-order chi connectivity index (χ0) is 16.4. The minimum Gasteiger partial charge on any atom is -0.478 e. The van der Waals surface area contributed by atoms with Crippen molar-refractivity contribution < 1.29 is 14.6 Å². The fraction of sp³-hybridized carbons (Fsp3) is 0.375. The molecular weight excluding hydrogens is 318 g/mol. The Hall–Kier alpha value is -2.05. The molecule has 0 radical (unpaired) electrons. The van der Waals surface area contributed by atoms with Crippen LogP contribution in [0.2, 0.25) is 5.02 Å². The van der Waals surface area contributed by atoms with Gasteiger partial charge in [0.05, 0.1) is 42.2 Å². The number of rotatable bonds is 4. The lowest BCUT2D eigenvalue weighted by molar-refractivity contribution is 0.0697. The maximum Gasteiger partial charge on any atom is 0.335 e. The molecule has 0 unspecified atom stereocenters. The number of hydrogen-bond acceptors (Lipinski definition) is 4. The van der Waals surface area contributed by atoms with E-state index in [-0.39, 0.29) is 5.56 Å². The molecule has 2 aromatic rings. The van der Waals surface area contributed by atoms with Crippen LogP contribution in [0.4, 0.5) is 5.69 Å². The molecule has 1 aliphatic heterocycles. The van der Waals surface area contributed by atoms with Gasteiger partial charge in [0.15, 0.2) is 0 Å². The van der Waals surface area contributed by atoms with E-state index >= 15 is 0 Å². The van der Waals surface area contributed by atoms with E-state index in [0.29, 0.717) is 31.3 Å². The molecule has 1 aliphatic rings. The van der Waals surface area contributed by atoms with E-state index < -0.39 is 5.97 Å². The van der Waals surface area contributed by atoms with Crippen LogP contribution in [0.3, 0.4) is 0 Å². The summed E-state index contributed by atoms with van der Waals surface area (Å²) in [4.78, 5) is 13.4. The van der Waals surface area contributed by atoms with E-state index in [1.165, 1.54) is 0 Å². The van der Waals surface area contributed by atoms with Crippen LogP contribution < -0.4 is 4.90 Å². The van der Waals surface area contributed by atoms with Crippen LogP contribution >= 0.6 is 11.6 Å². The SMILES string of the molecule is CCn1ncc(Cl)c1CN1CCOCc2ccc(C(=O)O)cc21. The molecule has 0 fully saturated rings. The molecule has 3 rings (SSSR count). The quantitative estimate of drug-likeness (QED) is 0.930. The topological polar surface area (TPSA) is 67.6 Å². The normalized spacial score (nSPS) is 14.4. The smallest absolute Gasteiger partial charge is 0.335 e. The average molecular weight is 336 g/mol. The number of fused-ring (bicyclic) bond motifs is 1. The van der Waals surface area contributed by atoms with Gasteiger partial charge in [0.25, 0.3) is 0 Å². The van der Waals surface area contributed by atoms with Crippen LogP contribution in [0.25, 0.3) is 0 Å². The molecule has 0 atom stereocenters. The largest absolute Gasteiger partial charge is 0.478 e. The van der Waals surface area contributed by atoms with Crippen molar-refractivity contribution >= 4 is 23.3 Å². The van der Waals surface area contributed by atoms with Gasteiger partial charge in [-0.3, -0.25) is 4.68 Å². The number of carbonyl (C=O) groups is 1. The first-order valence-corrected chi connectivity index (χ1v) is 7.87.